The standard InChI is InChI=1S/C11H13NO3/c1-15-11-6-9(7-13)8(3-2-4-12)5-10(11)14/h2-3,5-7,14H,4,12H2,1H3/b3-2+. The number of phenols is 1. The van der Waals surface area contributed by atoms with Gasteiger partial charge in [0, 0.05) is 12.1 Å². The van der Waals surface area contributed by atoms with Crippen molar-refractivity contribution < 1.29 is 14.6 Å². The van der Waals surface area contributed by atoms with Crippen LogP contribution in [0.3, 0.4) is 0 Å². The van der Waals surface area contributed by atoms with Gasteiger partial charge in [-0.1, -0.05) is 12.2 Å². The van der Waals surface area contributed by atoms with Crippen molar-refractivity contribution in [1.82, 2.24) is 0 Å². The summed E-state index contributed by atoms with van der Waals surface area (Å²) in [5.74, 6) is 0.279. The third-order valence-corrected chi connectivity index (χ3v) is 1.94. The second kappa shape index (κ2) is 5.17. The van der Waals surface area contributed by atoms with Crippen LogP contribution in [0.5, 0.6) is 11.5 Å². The summed E-state index contributed by atoms with van der Waals surface area (Å²) in [6.45, 7) is 0.380. The Labute approximate surface area is 88.0 Å². The highest BCUT2D eigenvalue weighted by Gasteiger charge is 2.06. The molecular weight excluding hydrogens is 194 g/mol. The fourth-order valence-electron chi connectivity index (χ4n) is 1.21. The van der Waals surface area contributed by atoms with E-state index in [1.54, 1.807) is 12.2 Å². The summed E-state index contributed by atoms with van der Waals surface area (Å²) < 4.78 is 4.89. The molecule has 4 heteroatoms. The molecule has 0 saturated heterocycles. The van der Waals surface area contributed by atoms with Crippen LogP contribution in [0.25, 0.3) is 6.08 Å². The first-order valence-corrected chi connectivity index (χ1v) is 4.45. The zero-order valence-corrected chi connectivity index (χ0v) is 8.43. The molecule has 0 spiro atoms. The largest absolute Gasteiger partial charge is 0.504 e. The minimum atomic E-state index is -0.000212. The Morgan fingerprint density at radius 3 is 2.73 bits per heavy atom. The van der Waals surface area contributed by atoms with Crippen molar-refractivity contribution in [1.29, 1.82) is 0 Å². The molecule has 0 radical (unpaired) electrons. The molecule has 1 aromatic carbocycles. The summed E-state index contributed by atoms with van der Waals surface area (Å²) in [7, 11) is 1.43. The SMILES string of the molecule is COc1cc(C=O)c(/C=C/CN)cc1O. The van der Waals surface area contributed by atoms with E-state index in [4.69, 9.17) is 10.5 Å². The van der Waals surface area contributed by atoms with Gasteiger partial charge < -0.3 is 15.6 Å². The van der Waals surface area contributed by atoms with Gasteiger partial charge in [0.2, 0.25) is 0 Å². The first kappa shape index (κ1) is 11.3. The van der Waals surface area contributed by atoms with Crippen molar-refractivity contribution in [2.24, 2.45) is 5.73 Å². The first-order chi connectivity index (χ1) is 7.22. The van der Waals surface area contributed by atoms with Crippen LogP contribution < -0.4 is 10.5 Å². The van der Waals surface area contributed by atoms with Gasteiger partial charge in [0.05, 0.1) is 7.11 Å². The van der Waals surface area contributed by atoms with Crippen molar-refractivity contribution in [2.45, 2.75) is 0 Å². The first-order valence-electron chi connectivity index (χ1n) is 4.45. The van der Waals surface area contributed by atoms with Crippen LogP contribution >= 0.6 is 0 Å². The minimum Gasteiger partial charge on any atom is -0.504 e. The van der Waals surface area contributed by atoms with Crippen LogP contribution in [0.15, 0.2) is 18.2 Å². The van der Waals surface area contributed by atoms with E-state index in [2.05, 4.69) is 0 Å². The average Bonchev–Trinajstić information content (AvgIpc) is 2.26. The summed E-state index contributed by atoms with van der Waals surface area (Å²) >= 11 is 0. The molecule has 0 amide bonds. The number of aldehydes is 1. The molecule has 0 aliphatic carbocycles. The molecule has 0 heterocycles. The molecule has 4 nitrogen and oxygen atoms in total. The molecule has 0 fully saturated rings. The Morgan fingerprint density at radius 1 is 1.47 bits per heavy atom. The van der Waals surface area contributed by atoms with Crippen molar-refractivity contribution in [3.05, 3.63) is 29.3 Å². The highest BCUT2D eigenvalue weighted by molar-refractivity contribution is 5.83. The van der Waals surface area contributed by atoms with Gasteiger partial charge in [0.15, 0.2) is 17.8 Å². The van der Waals surface area contributed by atoms with Crippen LogP contribution in [0.1, 0.15) is 15.9 Å². The lowest BCUT2D eigenvalue weighted by Crippen LogP contribution is -1.94. The quantitative estimate of drug-likeness (QED) is 0.727. The highest BCUT2D eigenvalue weighted by atomic mass is 16.5. The molecule has 0 aliphatic rings. The maximum atomic E-state index is 10.8. The molecule has 0 aromatic heterocycles. The van der Waals surface area contributed by atoms with Crippen LogP contribution in [0.2, 0.25) is 0 Å². The number of aromatic hydroxyl groups is 1. The van der Waals surface area contributed by atoms with Crippen LogP contribution in [0, 0.1) is 0 Å². The monoisotopic (exact) mass is 207 g/mol. The number of methoxy groups -OCH3 is 1. The molecule has 0 bridgehead atoms. The molecule has 1 rings (SSSR count). The molecule has 0 unspecified atom stereocenters. The Balaban J connectivity index is 3.21. The maximum Gasteiger partial charge on any atom is 0.161 e. The molecular formula is C11H13NO3. The zero-order chi connectivity index (χ0) is 11.3. The third-order valence-electron chi connectivity index (χ3n) is 1.94. The molecule has 3 N–H and O–H groups in total. The number of carbonyl (C=O) groups is 1. The third kappa shape index (κ3) is 2.57. The molecule has 0 aliphatic heterocycles. The van der Waals surface area contributed by atoms with Gasteiger partial charge in [-0.3, -0.25) is 4.79 Å². The van der Waals surface area contributed by atoms with E-state index < -0.39 is 0 Å². The van der Waals surface area contributed by atoms with E-state index in [1.807, 2.05) is 0 Å². The number of ether oxygens (including phenoxy) is 1. The van der Waals surface area contributed by atoms with E-state index >= 15 is 0 Å². The lowest BCUT2D eigenvalue weighted by molar-refractivity contribution is 0.112. The van der Waals surface area contributed by atoms with Gasteiger partial charge in [-0.25, -0.2) is 0 Å². The summed E-state index contributed by atoms with van der Waals surface area (Å²) in [6.07, 6.45) is 4.09. The summed E-state index contributed by atoms with van der Waals surface area (Å²) in [4.78, 5) is 10.8. The van der Waals surface area contributed by atoms with Gasteiger partial charge in [0.1, 0.15) is 0 Å². The van der Waals surface area contributed by atoms with E-state index in [0.29, 0.717) is 24.0 Å². The number of phenolic OH excluding ortho intramolecular Hbond substituents is 1. The van der Waals surface area contributed by atoms with E-state index in [0.717, 1.165) is 0 Å². The van der Waals surface area contributed by atoms with E-state index in [9.17, 15) is 9.90 Å². The molecule has 80 valence electrons. The normalized spacial score (nSPS) is 10.5. The number of nitrogens with two attached hydrogens (primary N) is 1. The van der Waals surface area contributed by atoms with E-state index in [1.165, 1.54) is 19.2 Å². The van der Waals surface area contributed by atoms with Crippen LogP contribution in [-0.2, 0) is 0 Å². The van der Waals surface area contributed by atoms with E-state index in [-0.39, 0.29) is 11.5 Å². The van der Waals surface area contributed by atoms with Gasteiger partial charge in [-0.15, -0.1) is 0 Å². The Bertz CT molecular complexity index is 386. The predicted molar refractivity (Wildman–Crippen MR) is 58.1 cm³/mol. The molecule has 1 aromatic rings. The molecule has 0 atom stereocenters. The molecule has 15 heavy (non-hydrogen) atoms. The second-order valence-electron chi connectivity index (χ2n) is 2.91. The Kier molecular flexibility index (Phi) is 3.88. The minimum absolute atomic E-state index is 0.000212. The fraction of sp³-hybridized carbons (Fsp3) is 0.182. The van der Waals surface area contributed by atoms with Gasteiger partial charge in [-0.2, -0.15) is 0 Å². The van der Waals surface area contributed by atoms with Crippen LogP contribution in [0.4, 0.5) is 0 Å². The Morgan fingerprint density at radius 2 is 2.20 bits per heavy atom. The molecule has 0 saturated carbocycles. The van der Waals surface area contributed by atoms with Crippen molar-refractivity contribution in [3.63, 3.8) is 0 Å². The number of benzene rings is 1. The fourth-order valence-corrected chi connectivity index (χ4v) is 1.21. The second-order valence-corrected chi connectivity index (χ2v) is 2.91. The lowest BCUT2D eigenvalue weighted by Gasteiger charge is -2.06. The van der Waals surface area contributed by atoms with Crippen molar-refractivity contribution in [2.75, 3.05) is 13.7 Å². The summed E-state index contributed by atoms with van der Waals surface area (Å²) in [5.41, 5.74) is 6.37. The number of hydrogen-bond acceptors (Lipinski definition) is 4. The Hall–Kier alpha value is -1.81. The zero-order valence-electron chi connectivity index (χ0n) is 8.43. The summed E-state index contributed by atoms with van der Waals surface area (Å²) in [6, 6.07) is 2.95. The number of carbonyl (C=O) groups excluding carboxylic acids is 1. The lowest BCUT2D eigenvalue weighted by atomic mass is 10.1. The van der Waals surface area contributed by atoms with Crippen molar-refractivity contribution >= 4 is 12.4 Å². The van der Waals surface area contributed by atoms with Gasteiger partial charge >= 0.3 is 0 Å². The number of rotatable bonds is 4. The summed E-state index contributed by atoms with van der Waals surface area (Å²) in [5, 5.41) is 9.50. The average molecular weight is 207 g/mol. The maximum absolute atomic E-state index is 10.8. The van der Waals surface area contributed by atoms with Gasteiger partial charge in [0.25, 0.3) is 0 Å². The highest BCUT2D eigenvalue weighted by Crippen LogP contribution is 2.29. The van der Waals surface area contributed by atoms with Crippen molar-refractivity contribution in [3.8, 4) is 11.5 Å². The predicted octanol–water partition coefficient (Wildman–Crippen LogP) is 1.19. The van der Waals surface area contributed by atoms with Gasteiger partial charge in [-0.05, 0) is 17.7 Å². The number of hydrogen-bond donors (Lipinski definition) is 2. The topological polar surface area (TPSA) is 72.5 Å². The smallest absolute Gasteiger partial charge is 0.161 e. The van der Waals surface area contributed by atoms with Crippen LogP contribution in [-0.4, -0.2) is 25.0 Å².